The van der Waals surface area contributed by atoms with Crippen LogP contribution in [0, 0.1) is 5.82 Å². The number of benzene rings is 1. The summed E-state index contributed by atoms with van der Waals surface area (Å²) in [6.07, 6.45) is 1.21. The van der Waals surface area contributed by atoms with Crippen LogP contribution in [-0.4, -0.2) is 30.8 Å². The van der Waals surface area contributed by atoms with Gasteiger partial charge in [0, 0.05) is 6.20 Å². The van der Waals surface area contributed by atoms with Crippen molar-refractivity contribution in [2.45, 2.75) is 0 Å². The number of aromatic hydroxyl groups is 1. The maximum Gasteiger partial charge on any atom is 0.337 e. The van der Waals surface area contributed by atoms with E-state index in [1.165, 1.54) is 28.8 Å². The number of carboxylic acid groups (broad SMARTS) is 1. The molecule has 0 aliphatic carbocycles. The molecule has 2 heterocycles. The van der Waals surface area contributed by atoms with Gasteiger partial charge in [0.05, 0.1) is 16.1 Å². The van der Waals surface area contributed by atoms with E-state index in [9.17, 15) is 14.3 Å². The summed E-state index contributed by atoms with van der Waals surface area (Å²) in [7, 11) is 0. The van der Waals surface area contributed by atoms with E-state index in [4.69, 9.17) is 16.7 Å². The number of carbonyl (C=O) groups is 1. The molecule has 0 saturated carbocycles. The molecule has 3 aromatic rings. The molecular formula is C13H7ClFN3O3. The SMILES string of the molecule is O=C(O)c1cc(Cl)c2nnc(-c3c(O)cccc3F)n2c1. The summed E-state index contributed by atoms with van der Waals surface area (Å²) in [6.45, 7) is 0. The highest BCUT2D eigenvalue weighted by Crippen LogP contribution is 2.32. The number of nitrogens with zero attached hydrogens (tertiary/aromatic N) is 3. The average Bonchev–Trinajstić information content (AvgIpc) is 2.83. The van der Waals surface area contributed by atoms with Crippen LogP contribution >= 0.6 is 11.6 Å². The van der Waals surface area contributed by atoms with E-state index >= 15 is 0 Å². The van der Waals surface area contributed by atoms with Crippen molar-refractivity contribution in [1.82, 2.24) is 14.6 Å². The molecular weight excluding hydrogens is 301 g/mol. The van der Waals surface area contributed by atoms with Crippen LogP contribution in [0.2, 0.25) is 5.02 Å². The Bertz CT molecular complexity index is 858. The van der Waals surface area contributed by atoms with E-state index in [0.717, 1.165) is 6.07 Å². The molecule has 0 radical (unpaired) electrons. The quantitative estimate of drug-likeness (QED) is 0.760. The highest BCUT2D eigenvalue weighted by Gasteiger charge is 2.19. The smallest absolute Gasteiger partial charge is 0.337 e. The van der Waals surface area contributed by atoms with Gasteiger partial charge in [-0.3, -0.25) is 4.40 Å². The number of aromatic nitrogens is 3. The highest BCUT2D eigenvalue weighted by molar-refractivity contribution is 6.33. The lowest BCUT2D eigenvalue weighted by Crippen LogP contribution is -2.01. The summed E-state index contributed by atoms with van der Waals surface area (Å²) in [6, 6.07) is 5.01. The van der Waals surface area contributed by atoms with Crippen molar-refractivity contribution >= 4 is 23.2 Å². The van der Waals surface area contributed by atoms with Gasteiger partial charge in [-0.15, -0.1) is 10.2 Å². The summed E-state index contributed by atoms with van der Waals surface area (Å²) in [5.41, 5.74) is -0.118. The van der Waals surface area contributed by atoms with Crippen molar-refractivity contribution in [3.05, 3.63) is 46.9 Å². The normalized spacial score (nSPS) is 11.0. The second-order valence-electron chi connectivity index (χ2n) is 4.23. The molecule has 0 aliphatic heterocycles. The Hall–Kier alpha value is -2.67. The van der Waals surface area contributed by atoms with Gasteiger partial charge in [-0.2, -0.15) is 0 Å². The van der Waals surface area contributed by atoms with Crippen LogP contribution in [0.3, 0.4) is 0 Å². The zero-order chi connectivity index (χ0) is 15.1. The van der Waals surface area contributed by atoms with Crippen molar-refractivity contribution in [3.8, 4) is 17.1 Å². The van der Waals surface area contributed by atoms with Gasteiger partial charge in [-0.05, 0) is 18.2 Å². The number of phenolic OH excluding ortho intramolecular Hbond substituents is 1. The molecule has 0 aliphatic rings. The molecule has 0 atom stereocenters. The molecule has 106 valence electrons. The first-order chi connectivity index (χ1) is 9.99. The standard InChI is InChI=1S/C13H7ClFN3O3/c14-7-4-6(13(20)21)5-18-11(7)16-17-12(18)10-8(15)2-1-3-9(10)19/h1-5,19H,(H,20,21). The van der Waals surface area contributed by atoms with E-state index in [2.05, 4.69) is 10.2 Å². The van der Waals surface area contributed by atoms with Crippen molar-refractivity contribution in [1.29, 1.82) is 0 Å². The van der Waals surface area contributed by atoms with Crippen LogP contribution in [0.4, 0.5) is 4.39 Å². The van der Waals surface area contributed by atoms with Crippen molar-refractivity contribution in [2.24, 2.45) is 0 Å². The molecule has 6 nitrogen and oxygen atoms in total. The summed E-state index contributed by atoms with van der Waals surface area (Å²) >= 11 is 5.94. The monoisotopic (exact) mass is 307 g/mol. The second kappa shape index (κ2) is 4.71. The third kappa shape index (κ3) is 2.07. The van der Waals surface area contributed by atoms with E-state index < -0.39 is 11.8 Å². The van der Waals surface area contributed by atoms with E-state index in [-0.39, 0.29) is 33.4 Å². The Labute approximate surface area is 122 Å². The van der Waals surface area contributed by atoms with Crippen LogP contribution in [0.15, 0.2) is 30.5 Å². The van der Waals surface area contributed by atoms with Crippen LogP contribution in [0.5, 0.6) is 5.75 Å². The van der Waals surface area contributed by atoms with Gasteiger partial charge >= 0.3 is 5.97 Å². The zero-order valence-electron chi connectivity index (χ0n) is 10.3. The predicted molar refractivity (Wildman–Crippen MR) is 72.0 cm³/mol. The maximum absolute atomic E-state index is 13.9. The lowest BCUT2D eigenvalue weighted by Gasteiger charge is -2.05. The lowest BCUT2D eigenvalue weighted by molar-refractivity contribution is 0.0696. The summed E-state index contributed by atoms with van der Waals surface area (Å²) < 4.78 is 15.1. The number of hydrogen-bond donors (Lipinski definition) is 2. The molecule has 0 amide bonds. The number of halogens is 2. The Balaban J connectivity index is 2.37. The van der Waals surface area contributed by atoms with Crippen LogP contribution in [0.1, 0.15) is 10.4 Å². The van der Waals surface area contributed by atoms with E-state index in [1.807, 2.05) is 0 Å². The fourth-order valence-corrected chi connectivity index (χ4v) is 2.22. The Kier molecular flexibility index (Phi) is 2.99. The molecule has 2 aromatic heterocycles. The minimum absolute atomic E-state index is 0.0365. The molecule has 0 saturated heterocycles. The number of rotatable bonds is 2. The number of aromatic carboxylic acids is 1. The minimum atomic E-state index is -1.20. The largest absolute Gasteiger partial charge is 0.507 e. The number of hydrogen-bond acceptors (Lipinski definition) is 4. The minimum Gasteiger partial charge on any atom is -0.507 e. The molecule has 0 spiro atoms. The van der Waals surface area contributed by atoms with Gasteiger partial charge in [0.15, 0.2) is 11.5 Å². The van der Waals surface area contributed by atoms with Crippen molar-refractivity contribution < 1.29 is 19.4 Å². The van der Waals surface area contributed by atoms with Gasteiger partial charge < -0.3 is 10.2 Å². The van der Waals surface area contributed by atoms with E-state index in [1.54, 1.807) is 0 Å². The first-order valence-electron chi connectivity index (χ1n) is 5.74. The first-order valence-corrected chi connectivity index (χ1v) is 6.12. The Morgan fingerprint density at radius 1 is 1.33 bits per heavy atom. The molecule has 0 unspecified atom stereocenters. The highest BCUT2D eigenvalue weighted by atomic mass is 35.5. The van der Waals surface area contributed by atoms with Gasteiger partial charge in [-0.25, -0.2) is 9.18 Å². The molecule has 0 fully saturated rings. The fraction of sp³-hybridized carbons (Fsp3) is 0. The van der Waals surface area contributed by atoms with Gasteiger partial charge in [0.25, 0.3) is 0 Å². The fourth-order valence-electron chi connectivity index (χ4n) is 1.98. The number of fused-ring (bicyclic) bond motifs is 1. The third-order valence-corrected chi connectivity index (χ3v) is 3.20. The van der Waals surface area contributed by atoms with Gasteiger partial charge in [0.1, 0.15) is 11.6 Å². The molecule has 3 rings (SSSR count). The summed E-state index contributed by atoms with van der Waals surface area (Å²) in [4.78, 5) is 11.1. The Morgan fingerprint density at radius 3 is 2.76 bits per heavy atom. The Morgan fingerprint density at radius 2 is 2.10 bits per heavy atom. The average molecular weight is 308 g/mol. The number of pyridine rings is 1. The first kappa shape index (κ1) is 13.3. The van der Waals surface area contributed by atoms with Crippen LogP contribution in [-0.2, 0) is 0 Å². The van der Waals surface area contributed by atoms with Crippen molar-refractivity contribution in [2.75, 3.05) is 0 Å². The van der Waals surface area contributed by atoms with Gasteiger partial charge in [0.2, 0.25) is 0 Å². The summed E-state index contributed by atoms with van der Waals surface area (Å²) in [5, 5.41) is 26.5. The zero-order valence-corrected chi connectivity index (χ0v) is 11.0. The number of carboxylic acids is 1. The molecule has 21 heavy (non-hydrogen) atoms. The second-order valence-corrected chi connectivity index (χ2v) is 4.64. The molecule has 1 aromatic carbocycles. The molecule has 8 heteroatoms. The topological polar surface area (TPSA) is 87.7 Å². The summed E-state index contributed by atoms with van der Waals surface area (Å²) in [5.74, 6) is -2.27. The number of phenols is 1. The molecule has 0 bridgehead atoms. The van der Waals surface area contributed by atoms with Gasteiger partial charge in [-0.1, -0.05) is 17.7 Å². The lowest BCUT2D eigenvalue weighted by atomic mass is 10.1. The van der Waals surface area contributed by atoms with E-state index in [0.29, 0.717) is 0 Å². The molecule has 2 N–H and O–H groups in total. The maximum atomic E-state index is 13.9. The van der Waals surface area contributed by atoms with Crippen molar-refractivity contribution in [3.63, 3.8) is 0 Å². The third-order valence-electron chi connectivity index (χ3n) is 2.92. The predicted octanol–water partition coefficient (Wildman–Crippen LogP) is 2.59. The van der Waals surface area contributed by atoms with Crippen LogP contribution in [0.25, 0.3) is 17.0 Å². The van der Waals surface area contributed by atoms with Crippen LogP contribution < -0.4 is 0 Å².